The van der Waals surface area contributed by atoms with Crippen LogP contribution in [0, 0.1) is 0 Å². The first-order valence-electron chi connectivity index (χ1n) is 7.70. The van der Waals surface area contributed by atoms with Gasteiger partial charge in [-0.05, 0) is 30.7 Å². The summed E-state index contributed by atoms with van der Waals surface area (Å²) in [6.07, 6.45) is 1.23. The lowest BCUT2D eigenvalue weighted by Gasteiger charge is -2.46. The van der Waals surface area contributed by atoms with Crippen molar-refractivity contribution in [3.8, 4) is 0 Å². The van der Waals surface area contributed by atoms with Gasteiger partial charge in [-0.25, -0.2) is 0 Å². The van der Waals surface area contributed by atoms with E-state index in [4.69, 9.17) is 17.3 Å². The van der Waals surface area contributed by atoms with Gasteiger partial charge in [-0.15, -0.1) is 0 Å². The summed E-state index contributed by atoms with van der Waals surface area (Å²) in [4.78, 5) is 5.08. The maximum atomic E-state index is 6.14. The van der Waals surface area contributed by atoms with Gasteiger partial charge in [0.05, 0.1) is 0 Å². The molecule has 2 saturated heterocycles. The molecule has 2 atom stereocenters. The molecule has 0 saturated carbocycles. The first-order chi connectivity index (χ1) is 10.1. The van der Waals surface area contributed by atoms with Crippen LogP contribution in [-0.4, -0.2) is 54.2 Å². The Morgan fingerprint density at radius 2 is 1.90 bits per heavy atom. The Morgan fingerprint density at radius 1 is 1.24 bits per heavy atom. The number of piperazine rings is 1. The summed E-state index contributed by atoms with van der Waals surface area (Å²) in [6.45, 7) is 7.46. The molecule has 0 amide bonds. The summed E-state index contributed by atoms with van der Waals surface area (Å²) >= 11 is 8.04. The second kappa shape index (κ2) is 6.37. The highest BCUT2D eigenvalue weighted by molar-refractivity contribution is 8.00. The minimum Gasteiger partial charge on any atom is -0.369 e. The summed E-state index contributed by atoms with van der Waals surface area (Å²) in [6, 6.07) is 8.17. The van der Waals surface area contributed by atoms with E-state index in [1.807, 2.05) is 12.1 Å². The summed E-state index contributed by atoms with van der Waals surface area (Å²) in [5.74, 6) is 1.19. The maximum Gasteiger partial charge on any atom is 0.0433 e. The van der Waals surface area contributed by atoms with Gasteiger partial charge in [0.15, 0.2) is 0 Å². The molecule has 0 bridgehead atoms. The molecule has 2 aliphatic rings. The van der Waals surface area contributed by atoms with E-state index in [0.717, 1.165) is 43.0 Å². The van der Waals surface area contributed by atoms with E-state index in [9.17, 15) is 0 Å². The third-order valence-electron chi connectivity index (χ3n) is 4.83. The van der Waals surface area contributed by atoms with Gasteiger partial charge in [0.2, 0.25) is 0 Å². The van der Waals surface area contributed by atoms with Crippen LogP contribution in [-0.2, 0) is 0 Å². The van der Waals surface area contributed by atoms with Gasteiger partial charge < -0.3 is 10.6 Å². The van der Waals surface area contributed by atoms with Crippen LogP contribution in [0.25, 0.3) is 0 Å². The van der Waals surface area contributed by atoms with Gasteiger partial charge in [-0.3, -0.25) is 4.90 Å². The molecular weight excluding hydrogens is 302 g/mol. The number of hydrogen-bond donors (Lipinski definition) is 1. The zero-order valence-electron chi connectivity index (χ0n) is 12.6. The van der Waals surface area contributed by atoms with E-state index in [2.05, 4.69) is 40.6 Å². The van der Waals surface area contributed by atoms with E-state index < -0.39 is 0 Å². The van der Waals surface area contributed by atoms with Gasteiger partial charge in [0.1, 0.15) is 0 Å². The molecular formula is C16H24ClN3S. The van der Waals surface area contributed by atoms with Crippen molar-refractivity contribution in [3.63, 3.8) is 0 Å². The van der Waals surface area contributed by atoms with Gasteiger partial charge in [0, 0.05) is 60.0 Å². The largest absolute Gasteiger partial charge is 0.369 e. The van der Waals surface area contributed by atoms with Crippen molar-refractivity contribution < 1.29 is 0 Å². The van der Waals surface area contributed by atoms with Crippen molar-refractivity contribution in [3.05, 3.63) is 29.3 Å². The first-order valence-corrected chi connectivity index (χ1v) is 9.13. The molecule has 1 aromatic carbocycles. The van der Waals surface area contributed by atoms with Crippen LogP contribution in [0.3, 0.4) is 0 Å². The molecule has 0 radical (unpaired) electrons. The molecule has 2 aliphatic heterocycles. The van der Waals surface area contributed by atoms with Crippen LogP contribution >= 0.6 is 23.4 Å². The van der Waals surface area contributed by atoms with Crippen LogP contribution in [0.1, 0.15) is 13.3 Å². The zero-order chi connectivity index (χ0) is 14.9. The molecule has 3 rings (SSSR count). The third-order valence-corrected chi connectivity index (χ3v) is 6.52. The van der Waals surface area contributed by atoms with Gasteiger partial charge in [-0.1, -0.05) is 18.5 Å². The van der Waals surface area contributed by atoms with Crippen molar-refractivity contribution in [2.75, 3.05) is 43.4 Å². The molecule has 116 valence electrons. The fourth-order valence-electron chi connectivity index (χ4n) is 3.53. The SMILES string of the molecule is CC1CC(CN)(N2CCN(c3ccc(Cl)cc3)CC2)CS1. The average molecular weight is 326 g/mol. The summed E-state index contributed by atoms with van der Waals surface area (Å²) in [7, 11) is 0. The van der Waals surface area contributed by atoms with Gasteiger partial charge in [-0.2, -0.15) is 11.8 Å². The Hall–Kier alpha value is -0.420. The normalized spacial score (nSPS) is 30.8. The first kappa shape index (κ1) is 15.5. The number of nitrogens with zero attached hydrogens (tertiary/aromatic N) is 2. The highest BCUT2D eigenvalue weighted by atomic mass is 35.5. The van der Waals surface area contributed by atoms with Crippen molar-refractivity contribution in [2.24, 2.45) is 5.73 Å². The minimum atomic E-state index is 0.232. The topological polar surface area (TPSA) is 32.5 Å². The number of anilines is 1. The Balaban J connectivity index is 1.63. The molecule has 0 aromatic heterocycles. The molecule has 0 aliphatic carbocycles. The lowest BCUT2D eigenvalue weighted by atomic mass is 9.93. The molecule has 5 heteroatoms. The van der Waals surface area contributed by atoms with Gasteiger partial charge >= 0.3 is 0 Å². The summed E-state index contributed by atoms with van der Waals surface area (Å²) < 4.78 is 0. The Kier molecular flexibility index (Phi) is 4.69. The average Bonchev–Trinajstić information content (AvgIpc) is 2.91. The van der Waals surface area contributed by atoms with E-state index in [0.29, 0.717) is 0 Å². The predicted octanol–water partition coefficient (Wildman–Crippen LogP) is 2.68. The van der Waals surface area contributed by atoms with Crippen molar-refractivity contribution >= 4 is 29.1 Å². The Labute approximate surface area is 136 Å². The summed E-state index contributed by atoms with van der Waals surface area (Å²) in [5, 5.41) is 1.54. The molecule has 2 N–H and O–H groups in total. The quantitative estimate of drug-likeness (QED) is 0.926. The van der Waals surface area contributed by atoms with Crippen molar-refractivity contribution in [1.82, 2.24) is 4.90 Å². The number of nitrogens with two attached hydrogens (primary N) is 1. The molecule has 0 spiro atoms. The van der Waals surface area contributed by atoms with Crippen LogP contribution in [0.4, 0.5) is 5.69 Å². The maximum absolute atomic E-state index is 6.14. The monoisotopic (exact) mass is 325 g/mol. The Morgan fingerprint density at radius 3 is 2.43 bits per heavy atom. The van der Waals surface area contributed by atoms with Crippen LogP contribution < -0.4 is 10.6 Å². The smallest absolute Gasteiger partial charge is 0.0433 e. The number of halogens is 1. The fourth-order valence-corrected chi connectivity index (χ4v) is 5.10. The Bertz CT molecular complexity index is 473. The zero-order valence-corrected chi connectivity index (χ0v) is 14.2. The second-order valence-electron chi connectivity index (χ2n) is 6.20. The number of benzene rings is 1. The predicted molar refractivity (Wildman–Crippen MR) is 93.6 cm³/mol. The molecule has 21 heavy (non-hydrogen) atoms. The summed E-state index contributed by atoms with van der Waals surface area (Å²) in [5.41, 5.74) is 7.65. The van der Waals surface area contributed by atoms with Crippen LogP contribution in [0.5, 0.6) is 0 Å². The number of hydrogen-bond acceptors (Lipinski definition) is 4. The van der Waals surface area contributed by atoms with Crippen molar-refractivity contribution in [1.29, 1.82) is 0 Å². The molecule has 2 fully saturated rings. The lowest BCUT2D eigenvalue weighted by Crippen LogP contribution is -2.60. The van der Waals surface area contributed by atoms with Crippen LogP contribution in [0.2, 0.25) is 5.02 Å². The highest BCUT2D eigenvalue weighted by Gasteiger charge is 2.42. The van der Waals surface area contributed by atoms with Crippen molar-refractivity contribution in [2.45, 2.75) is 24.1 Å². The standard InChI is InChI=1S/C16H24ClN3S/c1-13-10-16(11-18,12-21-13)20-8-6-19(7-9-20)15-4-2-14(17)3-5-15/h2-5,13H,6-12,18H2,1H3. The van der Waals surface area contributed by atoms with Gasteiger partial charge in [0.25, 0.3) is 0 Å². The molecule has 2 heterocycles. The van der Waals surface area contributed by atoms with E-state index in [1.54, 1.807) is 0 Å². The molecule has 1 aromatic rings. The third kappa shape index (κ3) is 3.19. The minimum absolute atomic E-state index is 0.232. The van der Waals surface area contributed by atoms with E-state index in [1.165, 1.54) is 17.9 Å². The molecule has 3 nitrogen and oxygen atoms in total. The van der Waals surface area contributed by atoms with E-state index in [-0.39, 0.29) is 5.54 Å². The van der Waals surface area contributed by atoms with Crippen LogP contribution in [0.15, 0.2) is 24.3 Å². The number of rotatable bonds is 3. The lowest BCUT2D eigenvalue weighted by molar-refractivity contribution is 0.105. The van der Waals surface area contributed by atoms with E-state index >= 15 is 0 Å². The highest BCUT2D eigenvalue weighted by Crippen LogP contribution is 2.38. The molecule has 2 unspecified atom stereocenters. The fraction of sp³-hybridized carbons (Fsp3) is 0.625. The second-order valence-corrected chi connectivity index (χ2v) is 8.07. The number of thioether (sulfide) groups is 1.